The predicted octanol–water partition coefficient (Wildman–Crippen LogP) is 2.32. The molecular formula is C69H159N21. The fourth-order valence-electron chi connectivity index (χ4n) is 12.8. The monoisotopic (exact) mass is 1280 g/mol. The molecule has 7 saturated heterocycles. The summed E-state index contributed by atoms with van der Waals surface area (Å²) in [6.45, 7) is 71.7. The van der Waals surface area contributed by atoms with Crippen LogP contribution in [0.1, 0.15) is 178 Å². The molecule has 0 amide bonds. The summed E-state index contributed by atoms with van der Waals surface area (Å²) in [7, 11) is 2.01. The van der Waals surface area contributed by atoms with Gasteiger partial charge in [0, 0.05) is 257 Å². The lowest BCUT2D eigenvalue weighted by Crippen LogP contribution is -2.60. The van der Waals surface area contributed by atoms with Crippen molar-refractivity contribution >= 4 is 0 Å². The second-order valence-corrected chi connectivity index (χ2v) is 30.7. The number of nitrogens with two attached hydrogens (primary N) is 6. The van der Waals surface area contributed by atoms with Crippen LogP contribution >= 0.6 is 0 Å². The third-order valence-electron chi connectivity index (χ3n) is 19.2. The van der Waals surface area contributed by atoms with Crippen molar-refractivity contribution in [3.63, 3.8) is 0 Å². The van der Waals surface area contributed by atoms with Gasteiger partial charge in [0.1, 0.15) is 0 Å². The van der Waals surface area contributed by atoms with E-state index >= 15 is 0 Å². The van der Waals surface area contributed by atoms with E-state index in [2.05, 4.69) is 229 Å². The third kappa shape index (κ3) is 38.8. The molecule has 0 aromatic carbocycles. The molecule has 0 aliphatic carbocycles. The molecule has 7 fully saturated rings. The number of hydrogen-bond acceptors (Lipinski definition) is 21. The molecule has 7 aliphatic rings. The van der Waals surface area contributed by atoms with Crippen LogP contribution in [0.4, 0.5) is 0 Å². The average Bonchev–Trinajstić information content (AvgIpc) is 1.91. The Bertz CT molecular complexity index is 1710. The minimum atomic E-state index is -0.0781. The van der Waals surface area contributed by atoms with Crippen LogP contribution in [-0.4, -0.2) is 305 Å². The van der Waals surface area contributed by atoms with Gasteiger partial charge in [-0.2, -0.15) is 0 Å². The van der Waals surface area contributed by atoms with E-state index in [0.717, 1.165) is 144 Å². The summed E-state index contributed by atoms with van der Waals surface area (Å²) in [5, 5.41) is 27.5. The number of likely N-dealkylation sites (N-methyl/N-ethyl adjacent to an activating group) is 1. The smallest absolute Gasteiger partial charge is 0.0226 e. The summed E-state index contributed by atoms with van der Waals surface area (Å²) in [5.74, 6) is 0. The minimum absolute atomic E-state index is 0.0781. The first-order valence-electron chi connectivity index (χ1n) is 36.6. The van der Waals surface area contributed by atoms with E-state index in [1.54, 1.807) is 0 Å². The largest absolute Gasteiger partial charge is 0.328 e. The fourth-order valence-corrected chi connectivity index (χ4v) is 12.8. The molecule has 0 aromatic rings. The van der Waals surface area contributed by atoms with E-state index in [9.17, 15) is 0 Å². The lowest BCUT2D eigenvalue weighted by Gasteiger charge is -2.42. The quantitative estimate of drug-likeness (QED) is 0.0884. The normalized spacial score (nSPS) is 33.3. The predicted molar refractivity (Wildman–Crippen MR) is 393 cm³/mol. The Morgan fingerprint density at radius 1 is 0.411 bits per heavy atom. The van der Waals surface area contributed by atoms with Crippen molar-refractivity contribution in [1.29, 1.82) is 0 Å². The Balaban J connectivity index is 0.000000525. The Labute approximate surface area is 557 Å². The number of rotatable bonds is 19. The highest BCUT2D eigenvalue weighted by Crippen LogP contribution is 2.15. The van der Waals surface area contributed by atoms with Gasteiger partial charge < -0.3 is 76.9 Å². The van der Waals surface area contributed by atoms with E-state index in [0.29, 0.717) is 109 Å². The van der Waals surface area contributed by atoms with Crippen molar-refractivity contribution in [2.45, 2.75) is 304 Å². The molecule has 7 heterocycles. The molecule has 20 atom stereocenters. The topological polar surface area (TPSA) is 275 Å². The van der Waals surface area contributed by atoms with Gasteiger partial charge in [-0.15, -0.1) is 0 Å². The Hall–Kier alpha value is -0.840. The Kier molecular flexibility index (Phi) is 45.7. The van der Waals surface area contributed by atoms with Gasteiger partial charge in [0.25, 0.3) is 0 Å². The van der Waals surface area contributed by atoms with Crippen LogP contribution < -0.4 is 76.9 Å². The van der Waals surface area contributed by atoms with Gasteiger partial charge in [-0.1, -0.05) is 20.3 Å². The van der Waals surface area contributed by atoms with Gasteiger partial charge in [-0.25, -0.2) is 0 Å². The number of piperazine rings is 7. The van der Waals surface area contributed by atoms with Crippen LogP contribution in [-0.2, 0) is 0 Å². The molecule has 0 aromatic heterocycles. The molecule has 7 aliphatic heterocycles. The molecule has 21 heteroatoms. The number of nitrogens with one attached hydrogen (secondary N) is 8. The number of nitrogens with zero attached hydrogens (tertiary/aromatic N) is 7. The fraction of sp³-hybridized carbons (Fsp3) is 1.00. The first-order chi connectivity index (χ1) is 42.1. The van der Waals surface area contributed by atoms with Gasteiger partial charge >= 0.3 is 0 Å². The standard InChI is InChI=1S/C11H25N3.4C10H23N3.2C9H21N3/c1-4-5-11(12)8-14-7-9(2)13-6-10(14)3;1-8-6-13(7-10(3,4)11)9(2)5-12-8;1-7-6-13(8(2)5-12-7)10(4)9(3)11;1-8(11)4-5-13-7-9(2)12-6-10(13)3;1-4-10(11)7-13-6-8(2)12-5-9(13)3;1-7(10)5-12-6-8(2)11-4-9(12)3;1-8-7-12(5-4-10-3)9(2)6-11-8/h9-11,13H,4-8,12H2,1-3H3;8-9,12H,5-7,11H2,1-4H3;7-10,12H,5-6,11H2,1-4H3;2*8-10,12H,4-7,11H2,1-3H3;7-9,11H,4-6,10H2,1-3H3;8-11H,4-7H2,1-3H3. The SMILES string of the molecule is CC(N)CCN1CC(C)NCC1C.CC(N)CN1CC(C)NCC1C.CC1CN(C(C)C(C)N)C(C)CN1.CC1CN(CC(C)(C)N)C(C)CN1.CCC(N)CN1CC(C)NCC1C.CCCC(N)CN1CC(C)NCC1C.CNCCN1CC(C)NCC1C. The molecule has 0 bridgehead atoms. The summed E-state index contributed by atoms with van der Waals surface area (Å²) < 4.78 is 0. The summed E-state index contributed by atoms with van der Waals surface area (Å²) >= 11 is 0. The minimum Gasteiger partial charge on any atom is -0.328 e. The van der Waals surface area contributed by atoms with Crippen LogP contribution in [0.5, 0.6) is 0 Å². The van der Waals surface area contributed by atoms with E-state index < -0.39 is 0 Å². The van der Waals surface area contributed by atoms with Crippen molar-refractivity contribution in [2.24, 2.45) is 34.4 Å². The van der Waals surface area contributed by atoms with Crippen LogP contribution in [0.3, 0.4) is 0 Å². The lowest BCUT2D eigenvalue weighted by molar-refractivity contribution is 0.0927. The summed E-state index contributed by atoms with van der Waals surface area (Å²) in [6.07, 6.45) is 4.52. The maximum atomic E-state index is 6.06. The van der Waals surface area contributed by atoms with Crippen LogP contribution in [0, 0.1) is 0 Å². The molecule has 7 rings (SSSR count). The first kappa shape index (κ1) is 87.2. The maximum Gasteiger partial charge on any atom is 0.0226 e. The number of hydrogen-bond donors (Lipinski definition) is 14. The van der Waals surface area contributed by atoms with E-state index in [1.165, 1.54) is 19.5 Å². The zero-order valence-corrected chi connectivity index (χ0v) is 63.3. The van der Waals surface area contributed by atoms with Gasteiger partial charge in [-0.3, -0.25) is 34.3 Å². The molecule has 0 spiro atoms. The van der Waals surface area contributed by atoms with Gasteiger partial charge in [0.05, 0.1) is 0 Å². The van der Waals surface area contributed by atoms with Crippen LogP contribution in [0.15, 0.2) is 0 Å². The van der Waals surface area contributed by atoms with Crippen molar-refractivity contribution in [1.82, 2.24) is 76.8 Å². The van der Waals surface area contributed by atoms with Crippen molar-refractivity contribution in [3.8, 4) is 0 Å². The van der Waals surface area contributed by atoms with Crippen LogP contribution in [0.2, 0.25) is 0 Å². The zero-order chi connectivity index (χ0) is 68.4. The van der Waals surface area contributed by atoms with Gasteiger partial charge in [-0.05, 0) is 171 Å². The van der Waals surface area contributed by atoms with Gasteiger partial charge in [0.2, 0.25) is 0 Å². The highest BCUT2D eigenvalue weighted by molar-refractivity contribution is 4.91. The van der Waals surface area contributed by atoms with E-state index in [-0.39, 0.29) is 17.6 Å². The molecule has 90 heavy (non-hydrogen) atoms. The van der Waals surface area contributed by atoms with E-state index in [4.69, 9.17) is 34.4 Å². The van der Waals surface area contributed by atoms with Crippen molar-refractivity contribution < 1.29 is 0 Å². The molecule has 20 N–H and O–H groups in total. The van der Waals surface area contributed by atoms with Crippen molar-refractivity contribution in [3.05, 3.63) is 0 Å². The summed E-state index contributed by atoms with van der Waals surface area (Å²) in [5.41, 5.74) is 35.4. The molecular weight excluding hydrogens is 1120 g/mol. The second-order valence-electron chi connectivity index (χ2n) is 30.7. The summed E-state index contributed by atoms with van der Waals surface area (Å²) in [4.78, 5) is 17.5. The highest BCUT2D eigenvalue weighted by atomic mass is 15.3. The van der Waals surface area contributed by atoms with Gasteiger partial charge in [0.15, 0.2) is 0 Å². The molecule has 540 valence electrons. The van der Waals surface area contributed by atoms with Crippen molar-refractivity contribution in [2.75, 3.05) is 144 Å². The maximum absolute atomic E-state index is 6.06. The second kappa shape index (κ2) is 47.2. The Morgan fingerprint density at radius 2 is 0.733 bits per heavy atom. The molecule has 0 radical (unpaired) electrons. The average molecular weight is 1280 g/mol. The molecule has 0 saturated carbocycles. The summed E-state index contributed by atoms with van der Waals surface area (Å²) in [6, 6.07) is 10.8. The third-order valence-corrected chi connectivity index (χ3v) is 19.2. The molecule has 21 nitrogen and oxygen atoms in total. The molecule has 20 unspecified atom stereocenters. The lowest BCUT2D eigenvalue weighted by atomic mass is 10.0. The Morgan fingerprint density at radius 3 is 1.08 bits per heavy atom. The van der Waals surface area contributed by atoms with E-state index in [1.807, 2.05) is 7.05 Å². The van der Waals surface area contributed by atoms with Crippen LogP contribution in [0.25, 0.3) is 0 Å². The highest BCUT2D eigenvalue weighted by Gasteiger charge is 2.30. The zero-order valence-electron chi connectivity index (χ0n) is 63.3. The first-order valence-corrected chi connectivity index (χ1v) is 36.6.